The molecule has 0 unspecified atom stereocenters. The molecule has 3 N–H and O–H groups in total. The predicted molar refractivity (Wildman–Crippen MR) is 111 cm³/mol. The molecule has 2 heterocycles. The van der Waals surface area contributed by atoms with E-state index in [9.17, 15) is 9.90 Å². The molecule has 0 fully saturated rings. The van der Waals surface area contributed by atoms with Gasteiger partial charge in [0.1, 0.15) is 6.73 Å². The molecule has 0 saturated carbocycles. The van der Waals surface area contributed by atoms with Crippen molar-refractivity contribution in [3.8, 4) is 0 Å². The molecule has 11 heteroatoms. The third kappa shape index (κ3) is 6.64. The average molecular weight is 427 g/mol. The smallest absolute Gasteiger partial charge is 0.307 e. The first-order valence-corrected chi connectivity index (χ1v) is 14.0. The summed E-state index contributed by atoms with van der Waals surface area (Å²) in [6, 6.07) is 1.04. The normalized spacial score (nSPS) is 14.1. The fourth-order valence-corrected chi connectivity index (χ4v) is 4.45. The molecule has 2 rings (SSSR count). The summed E-state index contributed by atoms with van der Waals surface area (Å²) in [5.41, 5.74) is 5.74. The fraction of sp³-hybridized carbons (Fsp3) is 0.706. The van der Waals surface area contributed by atoms with Crippen LogP contribution in [0.4, 0.5) is 5.13 Å². The second-order valence-corrected chi connectivity index (χ2v) is 14.9. The van der Waals surface area contributed by atoms with Gasteiger partial charge >= 0.3 is 5.97 Å². The third-order valence-corrected chi connectivity index (χ3v) is 7.05. The van der Waals surface area contributed by atoms with Crippen LogP contribution in [-0.2, 0) is 22.7 Å². The van der Waals surface area contributed by atoms with Gasteiger partial charge in [-0.2, -0.15) is 0 Å². The maximum absolute atomic E-state index is 12.0. The number of carboxylic acid groups (broad SMARTS) is 1. The number of nitrogen functional groups attached to an aromatic ring is 1. The fourth-order valence-electron chi connectivity index (χ4n) is 2.95. The van der Waals surface area contributed by atoms with Gasteiger partial charge in [0.25, 0.3) is 0 Å². The topological polar surface area (TPSA) is 129 Å². The van der Waals surface area contributed by atoms with Gasteiger partial charge in [-0.25, -0.2) is 9.67 Å². The van der Waals surface area contributed by atoms with Crippen molar-refractivity contribution in [2.24, 2.45) is 5.92 Å². The van der Waals surface area contributed by atoms with Crippen LogP contribution in [0.3, 0.4) is 0 Å². The van der Waals surface area contributed by atoms with Crippen LogP contribution in [0.5, 0.6) is 0 Å². The largest absolute Gasteiger partial charge is 0.481 e. The molecule has 0 radical (unpaired) electrons. The molecule has 0 aromatic carbocycles. The number of ether oxygens (including phenoxy) is 1. The summed E-state index contributed by atoms with van der Waals surface area (Å²) in [6.45, 7) is 9.70. The Kier molecular flexibility index (Phi) is 8.07. The summed E-state index contributed by atoms with van der Waals surface area (Å²) >= 11 is 1.36. The number of nitrogens with two attached hydrogens (primary N) is 1. The summed E-state index contributed by atoms with van der Waals surface area (Å²) in [5, 5.41) is 22.2. The molecule has 2 aromatic heterocycles. The first-order chi connectivity index (χ1) is 13.2. The number of anilines is 1. The quantitative estimate of drug-likeness (QED) is 0.391. The van der Waals surface area contributed by atoms with E-state index in [0.717, 1.165) is 17.3 Å². The number of rotatable bonds is 12. The van der Waals surface area contributed by atoms with Gasteiger partial charge in [-0.15, -0.1) is 16.4 Å². The molecule has 156 valence electrons. The van der Waals surface area contributed by atoms with Gasteiger partial charge < -0.3 is 15.6 Å². The van der Waals surface area contributed by atoms with Crippen LogP contribution in [0.15, 0.2) is 6.20 Å². The maximum Gasteiger partial charge on any atom is 0.307 e. The van der Waals surface area contributed by atoms with Crippen molar-refractivity contribution in [3.05, 3.63) is 16.9 Å². The Balaban J connectivity index is 2.20. The second-order valence-electron chi connectivity index (χ2n) is 8.09. The molecule has 0 saturated heterocycles. The monoisotopic (exact) mass is 426 g/mol. The SMILES string of the molecule is CCC[C@H](C(=O)O)[C@H](Cc1cnc(N)s1)c1nnnn1COCC[Si](C)(C)C. The Morgan fingerprint density at radius 3 is 2.75 bits per heavy atom. The van der Waals surface area contributed by atoms with Gasteiger partial charge in [0.2, 0.25) is 0 Å². The van der Waals surface area contributed by atoms with Crippen LogP contribution in [0, 0.1) is 5.92 Å². The van der Waals surface area contributed by atoms with E-state index in [1.165, 1.54) is 11.3 Å². The van der Waals surface area contributed by atoms with Gasteiger partial charge in [0.05, 0.1) is 5.92 Å². The van der Waals surface area contributed by atoms with Crippen LogP contribution < -0.4 is 5.73 Å². The van der Waals surface area contributed by atoms with Crippen LogP contribution in [0.1, 0.15) is 36.4 Å². The number of hydrogen-bond acceptors (Lipinski definition) is 8. The highest BCUT2D eigenvalue weighted by Gasteiger charge is 2.33. The molecule has 2 atom stereocenters. The Bertz CT molecular complexity index is 760. The zero-order valence-corrected chi connectivity index (χ0v) is 18.8. The number of aromatic nitrogens is 5. The molecule has 0 spiro atoms. The molecule has 0 bridgehead atoms. The average Bonchev–Trinajstić information content (AvgIpc) is 3.22. The van der Waals surface area contributed by atoms with E-state index in [1.807, 2.05) is 6.92 Å². The Morgan fingerprint density at radius 1 is 1.43 bits per heavy atom. The number of carbonyl (C=O) groups is 1. The van der Waals surface area contributed by atoms with Gasteiger partial charge in [-0.05, 0) is 29.3 Å². The Morgan fingerprint density at radius 2 is 2.18 bits per heavy atom. The van der Waals surface area contributed by atoms with Gasteiger partial charge in [-0.3, -0.25) is 4.79 Å². The van der Waals surface area contributed by atoms with Crippen LogP contribution in [-0.4, -0.2) is 50.9 Å². The highest BCUT2D eigenvalue weighted by atomic mass is 32.1. The second kappa shape index (κ2) is 10.1. The zero-order chi connectivity index (χ0) is 20.7. The Labute approximate surface area is 170 Å². The molecule has 0 aliphatic heterocycles. The van der Waals surface area contributed by atoms with E-state index < -0.39 is 20.0 Å². The van der Waals surface area contributed by atoms with Crippen molar-refractivity contribution >= 4 is 30.5 Å². The van der Waals surface area contributed by atoms with Crippen molar-refractivity contribution in [3.63, 3.8) is 0 Å². The van der Waals surface area contributed by atoms with E-state index in [1.54, 1.807) is 10.9 Å². The summed E-state index contributed by atoms with van der Waals surface area (Å²) in [4.78, 5) is 17.0. The predicted octanol–water partition coefficient (Wildman–Crippen LogP) is 2.85. The minimum absolute atomic E-state index is 0.215. The summed E-state index contributed by atoms with van der Waals surface area (Å²) < 4.78 is 7.35. The lowest BCUT2D eigenvalue weighted by molar-refractivity contribution is -0.143. The van der Waals surface area contributed by atoms with E-state index in [2.05, 4.69) is 40.2 Å². The molecule has 0 aliphatic rings. The molecular weight excluding hydrogens is 396 g/mol. The number of carboxylic acids is 1. The minimum atomic E-state index is -1.19. The highest BCUT2D eigenvalue weighted by Crippen LogP contribution is 2.32. The van der Waals surface area contributed by atoms with E-state index >= 15 is 0 Å². The number of aliphatic carboxylic acids is 1. The maximum atomic E-state index is 12.0. The van der Waals surface area contributed by atoms with Crippen LogP contribution in [0.2, 0.25) is 25.7 Å². The lowest BCUT2D eigenvalue weighted by Crippen LogP contribution is -2.27. The van der Waals surface area contributed by atoms with Gasteiger partial charge in [0, 0.05) is 31.7 Å². The lowest BCUT2D eigenvalue weighted by Gasteiger charge is -2.22. The first-order valence-electron chi connectivity index (χ1n) is 9.48. The molecule has 28 heavy (non-hydrogen) atoms. The summed E-state index contributed by atoms with van der Waals surface area (Å²) in [7, 11) is -1.19. The van der Waals surface area contributed by atoms with Gasteiger partial charge in [0.15, 0.2) is 11.0 Å². The van der Waals surface area contributed by atoms with E-state index in [4.69, 9.17) is 10.5 Å². The van der Waals surface area contributed by atoms with E-state index in [0.29, 0.717) is 30.4 Å². The lowest BCUT2D eigenvalue weighted by atomic mass is 9.85. The van der Waals surface area contributed by atoms with Crippen LogP contribution in [0.25, 0.3) is 0 Å². The van der Waals surface area contributed by atoms with E-state index in [-0.39, 0.29) is 12.6 Å². The molecule has 9 nitrogen and oxygen atoms in total. The van der Waals surface area contributed by atoms with Crippen LogP contribution >= 0.6 is 11.3 Å². The molecule has 2 aromatic rings. The first kappa shape index (κ1) is 22.4. The highest BCUT2D eigenvalue weighted by molar-refractivity contribution is 7.15. The summed E-state index contributed by atoms with van der Waals surface area (Å²) in [6.07, 6.45) is 3.46. The molecule has 0 aliphatic carbocycles. The van der Waals surface area contributed by atoms with Crippen molar-refractivity contribution < 1.29 is 14.6 Å². The zero-order valence-electron chi connectivity index (χ0n) is 17.0. The van der Waals surface area contributed by atoms with Crippen molar-refractivity contribution in [1.29, 1.82) is 0 Å². The Hall–Kier alpha value is -1.85. The summed E-state index contributed by atoms with van der Waals surface area (Å²) in [5.74, 6) is -1.30. The number of nitrogens with zero attached hydrogens (tertiary/aromatic N) is 5. The molecular formula is C17H30N6O3SSi. The van der Waals surface area contributed by atoms with Crippen molar-refractivity contribution in [2.75, 3.05) is 12.3 Å². The van der Waals surface area contributed by atoms with Crippen molar-refractivity contribution in [1.82, 2.24) is 25.2 Å². The van der Waals surface area contributed by atoms with Crippen molar-refractivity contribution in [2.45, 2.75) is 64.5 Å². The van der Waals surface area contributed by atoms with Gasteiger partial charge in [-0.1, -0.05) is 33.0 Å². The molecule has 0 amide bonds. The number of tetrazole rings is 1. The third-order valence-electron chi connectivity index (χ3n) is 4.50. The number of thiazole rings is 1. The minimum Gasteiger partial charge on any atom is -0.481 e. The standard InChI is InChI=1S/C17H30N6O3SSi/c1-5-6-13(16(24)25)14(9-12-10-19-17(18)27-12)15-20-21-22-23(15)11-26-7-8-28(2,3)4/h10,13-14H,5-9,11H2,1-4H3,(H2,18,19)(H,24,25)/t13-,14-/m0/s1. The number of hydrogen-bond donors (Lipinski definition) is 2.